The Labute approximate surface area is 814 Å². The van der Waals surface area contributed by atoms with Crippen LogP contribution in [-0.2, 0) is 114 Å². The zero-order chi connectivity index (χ0) is 100. The van der Waals surface area contributed by atoms with Gasteiger partial charge in [0.05, 0.1) is 105 Å². The van der Waals surface area contributed by atoms with E-state index in [1.807, 2.05) is 4.90 Å². The van der Waals surface area contributed by atoms with Crippen LogP contribution in [-0.4, -0.2) is 377 Å². The van der Waals surface area contributed by atoms with Gasteiger partial charge in [0, 0.05) is 143 Å². The van der Waals surface area contributed by atoms with Crippen LogP contribution < -0.4 is 37.2 Å². The van der Waals surface area contributed by atoms with Gasteiger partial charge < -0.3 is 150 Å². The standard InChI is InChI=1S/C93H164N8O34S2/c1-64(105)98-80-86(119)83(116)71(60-102)133-89(80)129-45-22-31-74(110)94-41-18-10-6-8-14-35-78(114)127-48-26-38-93(39-27-49-128-79(115)36-15-9-7-11-19-42-95-75(111)32-23-46-130-90-81(99-65(2)106)87(120)84(117)72(61-103)134-90,40-28-50-132-92(122)97-44-21-13-12-20-43-96-76(112)33-24-47-131-91-82(100-66(3)107)88(121)85(118)73(62-104)135-91)58-69(109)37-51-125-52-53-126-54-56-137-136-55-25-30-68(108)29-16-17-34-77(113)101-59-70(124-5)57-67(101)63-123-4/h67,70-73,80-91,102-104,116-121H,6-63H2,1-5H3,(H,94,110)(H,95,111)(H,96,112)(H,97,122)(H,98,105)(H,99,106)(H,100,107)/t67-,70+,71?,72?,73?,80?,81?,82?,83?,84?,85?,86?,87?,88?,89?,90?,91?,93?/m1/s1. The van der Waals surface area contributed by atoms with Crippen LogP contribution in [0.15, 0.2) is 0 Å². The van der Waals surface area contributed by atoms with Crippen molar-refractivity contribution in [3.05, 3.63) is 0 Å². The molecular formula is C93H164N8O34S2. The maximum Gasteiger partial charge on any atom is 0.407 e. The summed E-state index contributed by atoms with van der Waals surface area (Å²) in [6.07, 6.45) is 2.10. The number of nitrogens with zero attached hydrogens (tertiary/aromatic N) is 1. The van der Waals surface area contributed by atoms with E-state index in [0.29, 0.717) is 162 Å². The van der Waals surface area contributed by atoms with Gasteiger partial charge in [-0.25, -0.2) is 4.79 Å². The number of aliphatic hydroxyl groups excluding tert-OH is 9. The van der Waals surface area contributed by atoms with Crippen LogP contribution in [0.2, 0.25) is 0 Å². The highest BCUT2D eigenvalue weighted by atomic mass is 33.1. The summed E-state index contributed by atoms with van der Waals surface area (Å²) >= 11 is 0. The summed E-state index contributed by atoms with van der Waals surface area (Å²) in [7, 11) is 6.61. The first-order valence-corrected chi connectivity index (χ1v) is 51.8. The lowest BCUT2D eigenvalue weighted by atomic mass is 9.71. The Morgan fingerprint density at radius 2 is 0.759 bits per heavy atom. The number of Topliss-reactive ketones (excluding diaryl/α,β-unsaturated/α-hetero) is 2. The predicted molar refractivity (Wildman–Crippen MR) is 502 cm³/mol. The minimum Gasteiger partial charge on any atom is -0.466 e. The van der Waals surface area contributed by atoms with Gasteiger partial charge >= 0.3 is 18.0 Å². The molecule has 4 heterocycles. The normalized spacial score (nSPS) is 23.6. The fourth-order valence-corrected chi connectivity index (χ4v) is 18.5. The van der Waals surface area contributed by atoms with Crippen LogP contribution in [0.5, 0.6) is 0 Å². The number of aliphatic hydroxyl groups is 9. The third-order valence-electron chi connectivity index (χ3n) is 24.0. The quantitative estimate of drug-likeness (QED) is 0.0180. The molecule has 4 aliphatic heterocycles. The molecule has 792 valence electrons. The van der Waals surface area contributed by atoms with Crippen molar-refractivity contribution in [2.24, 2.45) is 5.41 Å². The highest BCUT2D eigenvalue weighted by molar-refractivity contribution is 8.76. The van der Waals surface area contributed by atoms with Gasteiger partial charge in [0.1, 0.15) is 84.6 Å². The van der Waals surface area contributed by atoms with E-state index in [1.54, 1.807) is 35.8 Å². The fraction of sp³-hybridized carbons (Fsp3) is 0.871. The number of alkyl carbamates (subject to hydrolysis) is 1. The number of ether oxygens (including phenoxy) is 13. The van der Waals surface area contributed by atoms with Gasteiger partial charge in [-0.05, 0) is 127 Å². The number of carbonyl (C=O) groups is 12. The lowest BCUT2D eigenvalue weighted by Crippen LogP contribution is -2.64. The Balaban J connectivity index is 1.27. The Bertz CT molecular complexity index is 3140. The third kappa shape index (κ3) is 53.6. The molecule has 17 atom stereocenters. The van der Waals surface area contributed by atoms with Crippen molar-refractivity contribution in [3.63, 3.8) is 0 Å². The highest BCUT2D eigenvalue weighted by Gasteiger charge is 2.49. The number of unbranched alkanes of at least 4 members (excludes halogenated alkanes) is 12. The number of rotatable bonds is 80. The van der Waals surface area contributed by atoms with Gasteiger partial charge in [0.25, 0.3) is 0 Å². The Hall–Kier alpha value is -6.22. The van der Waals surface area contributed by atoms with Gasteiger partial charge in [-0.1, -0.05) is 73.0 Å². The maximum atomic E-state index is 14.2. The summed E-state index contributed by atoms with van der Waals surface area (Å²) in [4.78, 5) is 154. The van der Waals surface area contributed by atoms with E-state index in [-0.39, 0.29) is 176 Å². The predicted octanol–water partition coefficient (Wildman–Crippen LogP) is 2.87. The Morgan fingerprint density at radius 3 is 1.18 bits per heavy atom. The van der Waals surface area contributed by atoms with Gasteiger partial charge in [0.15, 0.2) is 18.9 Å². The largest absolute Gasteiger partial charge is 0.466 e. The molecule has 0 aliphatic carbocycles. The van der Waals surface area contributed by atoms with Gasteiger partial charge in [-0.3, -0.25) is 52.7 Å². The van der Waals surface area contributed by atoms with Crippen molar-refractivity contribution < 1.29 is 165 Å². The molecule has 0 aromatic rings. The first kappa shape index (κ1) is 123. The summed E-state index contributed by atoms with van der Waals surface area (Å²) in [5.74, 6) is -1.13. The molecule has 0 aromatic heterocycles. The van der Waals surface area contributed by atoms with Crippen LogP contribution in [0.1, 0.15) is 258 Å². The van der Waals surface area contributed by atoms with Crippen molar-refractivity contribution in [3.8, 4) is 0 Å². The van der Waals surface area contributed by atoms with E-state index in [9.17, 15) is 103 Å². The molecule has 0 saturated carbocycles. The molecule has 0 aromatic carbocycles. The highest BCUT2D eigenvalue weighted by Crippen LogP contribution is 2.40. The van der Waals surface area contributed by atoms with Crippen LogP contribution in [0.25, 0.3) is 0 Å². The number of hydrogen-bond acceptors (Lipinski definition) is 36. The number of nitrogens with one attached hydrogen (secondary N) is 7. The zero-order valence-corrected chi connectivity index (χ0v) is 83.0. The molecule has 4 rings (SSSR count). The van der Waals surface area contributed by atoms with E-state index in [1.165, 1.54) is 20.8 Å². The van der Waals surface area contributed by atoms with Gasteiger partial charge in [0.2, 0.25) is 41.4 Å². The molecule has 0 radical (unpaired) electrons. The summed E-state index contributed by atoms with van der Waals surface area (Å²) in [6, 6.07) is -3.28. The number of likely N-dealkylation sites (tertiary alicyclic amines) is 1. The first-order chi connectivity index (χ1) is 66.0. The molecule has 0 spiro atoms. The van der Waals surface area contributed by atoms with Crippen LogP contribution in [0.3, 0.4) is 0 Å². The number of amides is 8. The topological polar surface area (TPSA) is 594 Å². The molecule has 8 amide bonds. The van der Waals surface area contributed by atoms with Gasteiger partial charge in [-0.2, -0.15) is 0 Å². The van der Waals surface area contributed by atoms with E-state index >= 15 is 0 Å². The van der Waals surface area contributed by atoms with E-state index < -0.39 is 141 Å². The second-order valence-electron chi connectivity index (χ2n) is 35.5. The molecule has 4 aliphatic rings. The molecule has 4 saturated heterocycles. The van der Waals surface area contributed by atoms with Crippen LogP contribution >= 0.6 is 21.6 Å². The third-order valence-corrected chi connectivity index (χ3v) is 26.5. The summed E-state index contributed by atoms with van der Waals surface area (Å²) < 4.78 is 73.6. The second-order valence-corrected chi connectivity index (χ2v) is 38.2. The lowest BCUT2D eigenvalue weighted by molar-refractivity contribution is -0.270. The van der Waals surface area contributed by atoms with Crippen molar-refractivity contribution in [1.82, 2.24) is 42.1 Å². The summed E-state index contributed by atoms with van der Waals surface area (Å²) in [5.41, 5.74) is -0.717. The molecule has 16 N–H and O–H groups in total. The molecule has 4 fully saturated rings. The minimum absolute atomic E-state index is 0.000101. The first-order valence-electron chi connectivity index (χ1n) is 49.3. The Morgan fingerprint density at radius 1 is 0.380 bits per heavy atom. The maximum absolute atomic E-state index is 14.2. The SMILES string of the molecule is COC[C@H]1C[C@H](OC)CN1C(=O)CCCCC(=O)CCCSSCCOCCOCCC(=O)CC(CCCOC(=O)CCCCCCCNC(=O)CCCOC1OC(CO)C(O)C(O)C1NC(C)=O)(CCCOC(=O)CCCCCCCNC(=O)CCCOC1OC(CO)C(O)C(O)C1NC(C)=O)CCCOC(=O)NCCCCCCNC(=O)CCCOC1OC(CO)C(O)C(O)C1NC(C)=O. The molecule has 137 heavy (non-hydrogen) atoms. The average Bonchev–Trinajstić information content (AvgIpc) is 1.36. The van der Waals surface area contributed by atoms with E-state index in [2.05, 4.69) is 37.2 Å². The van der Waals surface area contributed by atoms with Crippen LogP contribution in [0.4, 0.5) is 4.79 Å². The number of carbonyl (C=O) groups excluding carboxylic acids is 12. The number of methoxy groups -OCH3 is 2. The number of esters is 2. The lowest BCUT2D eigenvalue weighted by Gasteiger charge is -2.42. The monoisotopic (exact) mass is 2000 g/mol. The molecule has 44 heteroatoms. The van der Waals surface area contributed by atoms with Crippen molar-refractivity contribution >= 4 is 92.5 Å². The zero-order valence-electron chi connectivity index (χ0n) is 81.3. The van der Waals surface area contributed by atoms with Crippen molar-refractivity contribution in [2.75, 3.05) is 151 Å². The van der Waals surface area contributed by atoms with Crippen LogP contribution in [0, 0.1) is 5.41 Å². The molecule has 0 bridgehead atoms. The fourth-order valence-electron chi connectivity index (χ4n) is 16.6. The molecule has 42 nitrogen and oxygen atoms in total. The average molecular weight is 2000 g/mol. The number of ketones is 2. The molecular weight excluding hydrogens is 1840 g/mol. The molecule has 15 unspecified atom stereocenters. The van der Waals surface area contributed by atoms with Gasteiger partial charge in [-0.15, -0.1) is 0 Å². The number of hydrogen-bond donors (Lipinski definition) is 16. The summed E-state index contributed by atoms with van der Waals surface area (Å²) in [5, 5.41) is 110. The van der Waals surface area contributed by atoms with Crippen molar-refractivity contribution in [2.45, 2.75) is 362 Å². The van der Waals surface area contributed by atoms with E-state index in [4.69, 9.17) is 61.6 Å². The van der Waals surface area contributed by atoms with E-state index in [0.717, 1.165) is 75.7 Å². The summed E-state index contributed by atoms with van der Waals surface area (Å²) in [6.45, 7) is 5.97. The second kappa shape index (κ2) is 74.7. The minimum atomic E-state index is -1.46. The Kier molecular flexibility index (Phi) is 67.1. The smallest absolute Gasteiger partial charge is 0.407 e. The van der Waals surface area contributed by atoms with Crippen molar-refractivity contribution in [1.29, 1.82) is 0 Å².